The largest absolute Gasteiger partial charge is 0.393 e. The lowest BCUT2D eigenvalue weighted by Gasteiger charge is -2.42. The summed E-state index contributed by atoms with van der Waals surface area (Å²) in [4.78, 5) is 14.3. The number of ether oxygens (including phenoxy) is 1. The van der Waals surface area contributed by atoms with Crippen molar-refractivity contribution in [2.24, 2.45) is 11.3 Å². The van der Waals surface area contributed by atoms with Crippen LogP contribution in [0.4, 0.5) is 0 Å². The minimum Gasteiger partial charge on any atom is -0.393 e. The molecule has 1 spiro atoms. The van der Waals surface area contributed by atoms with Crippen LogP contribution in [-0.2, 0) is 19.6 Å². The van der Waals surface area contributed by atoms with Crippen LogP contribution in [0.5, 0.6) is 0 Å². The number of hydrogen-bond acceptors (Lipinski definition) is 5. The van der Waals surface area contributed by atoms with Gasteiger partial charge in [0.15, 0.2) is 0 Å². The van der Waals surface area contributed by atoms with E-state index in [1.807, 2.05) is 4.90 Å². The standard InChI is InChI=1S/C16H28N2O5S/c1-23-10-13-9-16(11-18(13)24(2,21)22)3-5-17(6-4-16)15(20)12-7-14(19)8-12/h12-14,19H,3-11H2,1-2H3/t12?,13-,14?/m1/s1. The normalized spacial score (nSPS) is 33.6. The van der Waals surface area contributed by atoms with E-state index in [1.54, 1.807) is 11.4 Å². The second kappa shape index (κ2) is 6.55. The maximum absolute atomic E-state index is 12.4. The van der Waals surface area contributed by atoms with Gasteiger partial charge in [-0.15, -0.1) is 0 Å². The number of carbonyl (C=O) groups excluding carboxylic acids is 1. The molecular weight excluding hydrogens is 332 g/mol. The number of hydrogen-bond donors (Lipinski definition) is 1. The van der Waals surface area contributed by atoms with Gasteiger partial charge in [-0.05, 0) is 37.5 Å². The van der Waals surface area contributed by atoms with Crippen molar-refractivity contribution in [3.05, 3.63) is 0 Å². The quantitative estimate of drug-likeness (QED) is 0.765. The van der Waals surface area contributed by atoms with E-state index in [0.29, 0.717) is 39.1 Å². The molecule has 3 rings (SSSR count). The zero-order valence-electron chi connectivity index (χ0n) is 14.5. The van der Waals surface area contributed by atoms with Crippen LogP contribution in [0, 0.1) is 11.3 Å². The Hall–Kier alpha value is -0.700. The van der Waals surface area contributed by atoms with Crippen molar-refractivity contribution >= 4 is 15.9 Å². The second-order valence-corrected chi connectivity index (χ2v) is 9.70. The van der Waals surface area contributed by atoms with Crippen LogP contribution in [-0.4, -0.2) is 80.4 Å². The Bertz CT molecular complexity index is 579. The molecule has 0 aromatic carbocycles. The summed E-state index contributed by atoms with van der Waals surface area (Å²) in [6.07, 6.45) is 4.58. The molecule has 24 heavy (non-hydrogen) atoms. The van der Waals surface area contributed by atoms with Crippen LogP contribution >= 0.6 is 0 Å². The van der Waals surface area contributed by atoms with Gasteiger partial charge in [-0.1, -0.05) is 0 Å². The lowest BCUT2D eigenvalue weighted by atomic mass is 9.75. The second-order valence-electron chi connectivity index (χ2n) is 7.77. The van der Waals surface area contributed by atoms with Gasteiger partial charge < -0.3 is 14.7 Å². The van der Waals surface area contributed by atoms with Gasteiger partial charge in [0, 0.05) is 38.7 Å². The fourth-order valence-corrected chi connectivity index (χ4v) is 5.65. The summed E-state index contributed by atoms with van der Waals surface area (Å²) in [7, 11) is -1.65. The molecule has 0 aromatic rings. The summed E-state index contributed by atoms with van der Waals surface area (Å²) in [6, 6.07) is -0.103. The molecule has 0 radical (unpaired) electrons. The highest BCUT2D eigenvalue weighted by molar-refractivity contribution is 7.88. The van der Waals surface area contributed by atoms with Crippen molar-refractivity contribution < 1.29 is 23.1 Å². The van der Waals surface area contributed by atoms with Crippen molar-refractivity contribution in [2.75, 3.05) is 39.6 Å². The summed E-state index contributed by atoms with van der Waals surface area (Å²) < 4.78 is 30.9. The smallest absolute Gasteiger partial charge is 0.225 e. The van der Waals surface area contributed by atoms with E-state index in [1.165, 1.54) is 6.26 Å². The average Bonchev–Trinajstić information content (AvgIpc) is 2.83. The Labute approximate surface area is 144 Å². The molecule has 1 saturated carbocycles. The van der Waals surface area contributed by atoms with E-state index in [9.17, 15) is 18.3 Å². The number of piperidine rings is 1. The topological polar surface area (TPSA) is 87.2 Å². The van der Waals surface area contributed by atoms with Crippen molar-refractivity contribution in [2.45, 2.75) is 44.2 Å². The predicted molar refractivity (Wildman–Crippen MR) is 88.8 cm³/mol. The number of nitrogens with zero attached hydrogens (tertiary/aromatic N) is 2. The van der Waals surface area contributed by atoms with E-state index in [-0.39, 0.29) is 29.4 Å². The number of aliphatic hydroxyl groups excluding tert-OH is 1. The van der Waals surface area contributed by atoms with E-state index in [4.69, 9.17) is 4.74 Å². The highest BCUT2D eigenvalue weighted by Gasteiger charge is 2.49. The molecule has 1 N–H and O–H groups in total. The van der Waals surface area contributed by atoms with Gasteiger partial charge >= 0.3 is 0 Å². The monoisotopic (exact) mass is 360 g/mol. The first-order chi connectivity index (χ1) is 11.2. The Morgan fingerprint density at radius 1 is 1.29 bits per heavy atom. The molecule has 7 nitrogen and oxygen atoms in total. The number of methoxy groups -OCH3 is 1. The number of likely N-dealkylation sites (tertiary alicyclic amines) is 1. The van der Waals surface area contributed by atoms with E-state index < -0.39 is 10.0 Å². The highest BCUT2D eigenvalue weighted by atomic mass is 32.2. The van der Waals surface area contributed by atoms with Gasteiger partial charge in [-0.3, -0.25) is 4.79 Å². The fraction of sp³-hybridized carbons (Fsp3) is 0.938. The number of carbonyl (C=O) groups is 1. The Kier molecular flexibility index (Phi) is 4.94. The zero-order valence-corrected chi connectivity index (χ0v) is 15.3. The Balaban J connectivity index is 1.61. The van der Waals surface area contributed by atoms with Crippen LogP contribution in [0.15, 0.2) is 0 Å². The van der Waals surface area contributed by atoms with Crippen LogP contribution in [0.3, 0.4) is 0 Å². The van der Waals surface area contributed by atoms with Crippen LogP contribution in [0.1, 0.15) is 32.1 Å². The first-order valence-electron chi connectivity index (χ1n) is 8.67. The molecule has 0 bridgehead atoms. The minimum atomic E-state index is -3.25. The van der Waals surface area contributed by atoms with E-state index >= 15 is 0 Å². The van der Waals surface area contributed by atoms with E-state index in [0.717, 1.165) is 19.3 Å². The van der Waals surface area contributed by atoms with Crippen LogP contribution < -0.4 is 0 Å². The van der Waals surface area contributed by atoms with Crippen molar-refractivity contribution in [1.82, 2.24) is 9.21 Å². The zero-order chi connectivity index (χ0) is 17.5. The summed E-state index contributed by atoms with van der Waals surface area (Å²) in [5.41, 5.74) is -0.0395. The Morgan fingerprint density at radius 2 is 1.92 bits per heavy atom. The number of sulfonamides is 1. The summed E-state index contributed by atoms with van der Waals surface area (Å²) in [6.45, 7) is 2.31. The lowest BCUT2D eigenvalue weighted by Crippen LogP contribution is -2.49. The molecule has 2 heterocycles. The third-order valence-electron chi connectivity index (χ3n) is 5.95. The minimum absolute atomic E-state index is 0.0219. The van der Waals surface area contributed by atoms with E-state index in [2.05, 4.69) is 0 Å². The predicted octanol–water partition coefficient (Wildman–Crippen LogP) is 0.0464. The number of amides is 1. The summed E-state index contributed by atoms with van der Waals surface area (Å²) in [5, 5.41) is 9.37. The van der Waals surface area contributed by atoms with Crippen molar-refractivity contribution in [3.63, 3.8) is 0 Å². The van der Waals surface area contributed by atoms with Gasteiger partial charge in [0.05, 0.1) is 19.0 Å². The maximum Gasteiger partial charge on any atom is 0.225 e. The maximum atomic E-state index is 12.4. The van der Waals surface area contributed by atoms with Crippen LogP contribution in [0.25, 0.3) is 0 Å². The van der Waals surface area contributed by atoms with Gasteiger partial charge in [-0.25, -0.2) is 8.42 Å². The number of rotatable bonds is 4. The third-order valence-corrected chi connectivity index (χ3v) is 7.23. The molecule has 1 aliphatic carbocycles. The van der Waals surface area contributed by atoms with Crippen LogP contribution in [0.2, 0.25) is 0 Å². The molecule has 8 heteroatoms. The van der Waals surface area contributed by atoms with Gasteiger partial charge in [0.2, 0.25) is 15.9 Å². The molecule has 138 valence electrons. The van der Waals surface area contributed by atoms with Gasteiger partial charge in [0.25, 0.3) is 0 Å². The molecule has 2 saturated heterocycles. The molecule has 1 atom stereocenters. The van der Waals surface area contributed by atoms with Crippen molar-refractivity contribution in [3.8, 4) is 0 Å². The first-order valence-corrected chi connectivity index (χ1v) is 10.5. The highest BCUT2D eigenvalue weighted by Crippen LogP contribution is 2.45. The third kappa shape index (κ3) is 3.47. The molecule has 3 fully saturated rings. The molecule has 3 aliphatic rings. The summed E-state index contributed by atoms with van der Waals surface area (Å²) in [5.74, 6) is 0.132. The Morgan fingerprint density at radius 3 is 2.42 bits per heavy atom. The molecule has 0 aromatic heterocycles. The molecule has 1 amide bonds. The van der Waals surface area contributed by atoms with Gasteiger partial charge in [-0.2, -0.15) is 4.31 Å². The average molecular weight is 360 g/mol. The lowest BCUT2D eigenvalue weighted by molar-refractivity contribution is -0.144. The van der Waals surface area contributed by atoms with Crippen molar-refractivity contribution in [1.29, 1.82) is 0 Å². The SMILES string of the molecule is COC[C@H]1CC2(CCN(C(=O)C3CC(O)C3)CC2)CN1S(C)(=O)=O. The number of aliphatic hydroxyl groups is 1. The first kappa shape index (κ1) is 18.1. The summed E-state index contributed by atoms with van der Waals surface area (Å²) >= 11 is 0. The molecular formula is C16H28N2O5S. The molecule has 2 aliphatic heterocycles. The molecule has 0 unspecified atom stereocenters. The fourth-order valence-electron chi connectivity index (χ4n) is 4.46. The van der Waals surface area contributed by atoms with Gasteiger partial charge in [0.1, 0.15) is 0 Å².